The van der Waals surface area contributed by atoms with Crippen molar-refractivity contribution in [3.63, 3.8) is 0 Å². The summed E-state index contributed by atoms with van der Waals surface area (Å²) in [7, 11) is 0. The highest BCUT2D eigenvalue weighted by Crippen LogP contribution is 2.37. The molecule has 3 heteroatoms. The first-order valence-electron chi connectivity index (χ1n) is 9.58. The highest BCUT2D eigenvalue weighted by molar-refractivity contribution is 5.49. The van der Waals surface area contributed by atoms with Crippen LogP contribution in [0.3, 0.4) is 0 Å². The first-order chi connectivity index (χ1) is 13.2. The van der Waals surface area contributed by atoms with E-state index in [-0.39, 0.29) is 12.2 Å². The smallest absolute Gasteiger partial charge is 0.0859 e. The van der Waals surface area contributed by atoms with Crippen LogP contribution in [-0.4, -0.2) is 25.4 Å². The van der Waals surface area contributed by atoms with Gasteiger partial charge in [0.25, 0.3) is 0 Å². The van der Waals surface area contributed by atoms with Crippen molar-refractivity contribution < 1.29 is 14.2 Å². The van der Waals surface area contributed by atoms with Crippen molar-refractivity contribution >= 4 is 12.2 Å². The zero-order valence-electron chi connectivity index (χ0n) is 15.6. The first kappa shape index (κ1) is 18.2. The van der Waals surface area contributed by atoms with Gasteiger partial charge in [-0.25, -0.2) is 0 Å². The van der Waals surface area contributed by atoms with Gasteiger partial charge >= 0.3 is 0 Å². The van der Waals surface area contributed by atoms with Gasteiger partial charge in [-0.3, -0.25) is 0 Å². The number of ether oxygens (including phenoxy) is 3. The molecule has 2 heterocycles. The molecule has 27 heavy (non-hydrogen) atoms. The Morgan fingerprint density at radius 3 is 1.67 bits per heavy atom. The van der Waals surface area contributed by atoms with Crippen LogP contribution >= 0.6 is 0 Å². The van der Waals surface area contributed by atoms with E-state index in [1.807, 2.05) is 12.2 Å². The van der Waals surface area contributed by atoms with Crippen molar-refractivity contribution in [2.75, 3.05) is 13.2 Å². The van der Waals surface area contributed by atoms with Gasteiger partial charge in [0.1, 0.15) is 0 Å². The van der Waals surface area contributed by atoms with Gasteiger partial charge in [-0.1, -0.05) is 61.7 Å². The van der Waals surface area contributed by atoms with Crippen LogP contribution < -0.4 is 0 Å². The highest BCUT2D eigenvalue weighted by Gasteiger charge is 2.33. The lowest BCUT2D eigenvalue weighted by Gasteiger charge is -2.26. The average molecular weight is 362 g/mol. The molecule has 0 spiro atoms. The Labute approximate surface area is 161 Å². The number of hydrogen-bond acceptors (Lipinski definition) is 3. The molecular weight excluding hydrogens is 336 g/mol. The standard InChI is InChI=1S/C24H26O3/c1-3-17-7-5-9-19(11-17)23(13-21-15-25-21)27-24(14-22-16-26-22)20-10-6-8-18(4-2)12-20/h3-12,21-24H,1-2,13-16H2. The number of hydrogen-bond donors (Lipinski definition) is 0. The van der Waals surface area contributed by atoms with E-state index in [1.165, 1.54) is 11.1 Å². The molecule has 0 N–H and O–H groups in total. The van der Waals surface area contributed by atoms with Gasteiger partial charge < -0.3 is 14.2 Å². The molecule has 0 aliphatic carbocycles. The molecule has 2 aromatic carbocycles. The fourth-order valence-corrected chi connectivity index (χ4v) is 3.40. The quantitative estimate of drug-likeness (QED) is 0.534. The fourth-order valence-electron chi connectivity index (χ4n) is 3.40. The minimum Gasteiger partial charge on any atom is -0.373 e. The first-order valence-corrected chi connectivity index (χ1v) is 9.58. The van der Waals surface area contributed by atoms with Crippen molar-refractivity contribution in [1.82, 2.24) is 0 Å². The Morgan fingerprint density at radius 2 is 1.30 bits per heavy atom. The topological polar surface area (TPSA) is 34.3 Å². The van der Waals surface area contributed by atoms with Crippen LogP contribution in [-0.2, 0) is 14.2 Å². The van der Waals surface area contributed by atoms with Gasteiger partial charge in [0.15, 0.2) is 0 Å². The predicted molar refractivity (Wildman–Crippen MR) is 108 cm³/mol. The molecule has 140 valence electrons. The summed E-state index contributed by atoms with van der Waals surface area (Å²) in [6.45, 7) is 9.42. The Kier molecular flexibility index (Phi) is 5.53. The van der Waals surface area contributed by atoms with Gasteiger partial charge in [-0.2, -0.15) is 0 Å². The summed E-state index contributed by atoms with van der Waals surface area (Å²) in [6, 6.07) is 16.8. The normalized spacial score (nSPS) is 22.7. The van der Waals surface area contributed by atoms with E-state index in [1.54, 1.807) is 0 Å². The molecule has 2 fully saturated rings. The fraction of sp³-hybridized carbons (Fsp3) is 0.333. The maximum atomic E-state index is 6.69. The molecule has 2 aromatic rings. The van der Waals surface area contributed by atoms with Crippen molar-refractivity contribution in [1.29, 1.82) is 0 Å². The van der Waals surface area contributed by atoms with Gasteiger partial charge in [0.2, 0.25) is 0 Å². The lowest BCUT2D eigenvalue weighted by Crippen LogP contribution is -2.15. The monoisotopic (exact) mass is 362 g/mol. The van der Waals surface area contributed by atoms with Crippen molar-refractivity contribution in [3.8, 4) is 0 Å². The van der Waals surface area contributed by atoms with E-state index < -0.39 is 0 Å². The summed E-state index contributed by atoms with van der Waals surface area (Å²) in [6.07, 6.45) is 6.02. The molecule has 0 radical (unpaired) electrons. The van der Waals surface area contributed by atoms with Crippen molar-refractivity contribution in [2.24, 2.45) is 0 Å². The molecule has 2 saturated heterocycles. The van der Waals surface area contributed by atoms with E-state index in [0.717, 1.165) is 37.2 Å². The van der Waals surface area contributed by atoms with Crippen molar-refractivity contribution in [3.05, 3.63) is 83.9 Å². The van der Waals surface area contributed by atoms with Crippen LogP contribution in [0, 0.1) is 0 Å². The molecule has 0 aromatic heterocycles. The molecule has 4 atom stereocenters. The van der Waals surface area contributed by atoms with Crippen LogP contribution in [0.1, 0.15) is 47.3 Å². The predicted octanol–water partition coefficient (Wildman–Crippen LogP) is 5.35. The van der Waals surface area contributed by atoms with Crippen LogP contribution in [0.15, 0.2) is 61.7 Å². The zero-order valence-corrected chi connectivity index (χ0v) is 15.6. The average Bonchev–Trinajstić information content (AvgIpc) is 3.63. The van der Waals surface area contributed by atoms with Crippen LogP contribution in [0.25, 0.3) is 12.2 Å². The van der Waals surface area contributed by atoms with Crippen LogP contribution in [0.4, 0.5) is 0 Å². The Hall–Kier alpha value is -2.20. The summed E-state index contributed by atoms with van der Waals surface area (Å²) in [5.74, 6) is 0. The minimum absolute atomic E-state index is 0.0199. The summed E-state index contributed by atoms with van der Waals surface area (Å²) < 4.78 is 17.7. The van der Waals surface area contributed by atoms with E-state index in [9.17, 15) is 0 Å². The van der Waals surface area contributed by atoms with Crippen LogP contribution in [0.2, 0.25) is 0 Å². The third kappa shape index (κ3) is 4.95. The molecule has 0 bridgehead atoms. The Bertz CT molecular complexity index is 737. The summed E-state index contributed by atoms with van der Waals surface area (Å²) >= 11 is 0. The summed E-state index contributed by atoms with van der Waals surface area (Å²) in [5, 5.41) is 0. The molecule has 0 amide bonds. The van der Waals surface area contributed by atoms with Gasteiger partial charge in [-0.05, 0) is 34.4 Å². The van der Waals surface area contributed by atoms with E-state index in [0.29, 0.717) is 12.2 Å². The lowest BCUT2D eigenvalue weighted by molar-refractivity contribution is -0.0302. The molecule has 2 aliphatic heterocycles. The van der Waals surface area contributed by atoms with Gasteiger partial charge in [0, 0.05) is 12.8 Å². The summed E-state index contributed by atoms with van der Waals surface area (Å²) in [4.78, 5) is 0. The van der Waals surface area contributed by atoms with E-state index in [2.05, 4.69) is 61.7 Å². The van der Waals surface area contributed by atoms with Crippen LogP contribution in [0.5, 0.6) is 0 Å². The molecular formula is C24H26O3. The SMILES string of the molecule is C=Cc1cccc(C(CC2CO2)OC(CC2CO2)c2cccc(C=C)c2)c1. The van der Waals surface area contributed by atoms with Gasteiger partial charge in [-0.15, -0.1) is 0 Å². The molecule has 4 rings (SSSR count). The zero-order chi connectivity index (χ0) is 18.6. The maximum Gasteiger partial charge on any atom is 0.0859 e. The largest absolute Gasteiger partial charge is 0.373 e. The van der Waals surface area contributed by atoms with Crippen molar-refractivity contribution in [2.45, 2.75) is 37.3 Å². The second kappa shape index (κ2) is 8.22. The molecule has 0 saturated carbocycles. The second-order valence-corrected chi connectivity index (χ2v) is 7.24. The minimum atomic E-state index is -0.0199. The third-order valence-electron chi connectivity index (χ3n) is 5.12. The maximum absolute atomic E-state index is 6.69. The van der Waals surface area contributed by atoms with E-state index in [4.69, 9.17) is 14.2 Å². The second-order valence-electron chi connectivity index (χ2n) is 7.24. The molecule has 3 nitrogen and oxygen atoms in total. The Morgan fingerprint density at radius 1 is 0.852 bits per heavy atom. The lowest BCUT2D eigenvalue weighted by atomic mass is 9.99. The number of rotatable bonds is 10. The molecule has 4 unspecified atom stereocenters. The number of epoxide rings is 2. The third-order valence-corrected chi connectivity index (χ3v) is 5.12. The van der Waals surface area contributed by atoms with E-state index >= 15 is 0 Å². The number of benzene rings is 2. The Balaban J connectivity index is 1.60. The highest BCUT2D eigenvalue weighted by atomic mass is 16.6. The summed E-state index contributed by atoms with van der Waals surface area (Å²) in [5.41, 5.74) is 4.55. The molecule has 2 aliphatic rings. The van der Waals surface area contributed by atoms with Gasteiger partial charge in [0.05, 0.1) is 37.6 Å².